The van der Waals surface area contributed by atoms with Gasteiger partial charge >= 0.3 is 6.18 Å². The minimum absolute atomic E-state index is 0.0954. The summed E-state index contributed by atoms with van der Waals surface area (Å²) < 4.78 is 40.5. The number of rotatable bonds is 2. The van der Waals surface area contributed by atoms with Crippen molar-refractivity contribution >= 4 is 22.5 Å². The Morgan fingerprint density at radius 3 is 2.58 bits per heavy atom. The van der Waals surface area contributed by atoms with Crippen molar-refractivity contribution in [1.29, 1.82) is 0 Å². The van der Waals surface area contributed by atoms with E-state index in [4.69, 9.17) is 0 Å². The first-order valence-electron chi connectivity index (χ1n) is 9.18. The summed E-state index contributed by atoms with van der Waals surface area (Å²) in [7, 11) is 1.81. The van der Waals surface area contributed by atoms with E-state index in [1.165, 1.54) is 12.1 Å². The van der Waals surface area contributed by atoms with E-state index < -0.39 is 17.6 Å². The molecule has 0 bridgehead atoms. The Labute approximate surface area is 175 Å². The first-order chi connectivity index (χ1) is 14.8. The first-order valence-corrected chi connectivity index (χ1v) is 9.18. The monoisotopic (exact) mass is 420 g/mol. The highest BCUT2D eigenvalue weighted by molar-refractivity contribution is 6.05. The number of nitrogens with one attached hydrogen (secondary N) is 1. The summed E-state index contributed by atoms with van der Waals surface area (Å²) in [6.07, 6.45) is 0.487. The molecular weight excluding hydrogens is 405 g/mol. The van der Waals surface area contributed by atoms with Crippen LogP contribution in [-0.2, 0) is 13.2 Å². The van der Waals surface area contributed by atoms with Gasteiger partial charge in [-0.05, 0) is 30.3 Å². The summed E-state index contributed by atoms with van der Waals surface area (Å²) in [5, 5.41) is 7.68. The number of benzene rings is 2. The van der Waals surface area contributed by atoms with Gasteiger partial charge in [-0.2, -0.15) is 18.3 Å². The van der Waals surface area contributed by atoms with Crippen LogP contribution in [0.25, 0.3) is 10.9 Å². The number of para-hydroxylation sites is 1. The van der Waals surface area contributed by atoms with Crippen molar-refractivity contribution < 1.29 is 18.0 Å². The molecule has 1 amide bonds. The molecular formula is C23H15F3N4O. The molecule has 2 aromatic carbocycles. The van der Waals surface area contributed by atoms with Crippen LogP contribution in [-0.4, -0.2) is 20.7 Å². The predicted octanol–water partition coefficient (Wildman–Crippen LogP) is 4.64. The lowest BCUT2D eigenvalue weighted by molar-refractivity contribution is -0.137. The van der Waals surface area contributed by atoms with Crippen molar-refractivity contribution in [2.75, 3.05) is 5.32 Å². The third kappa shape index (κ3) is 4.26. The maximum Gasteiger partial charge on any atom is 0.416 e. The number of aromatic nitrogens is 3. The molecule has 0 unspecified atom stereocenters. The zero-order chi connectivity index (χ0) is 22.0. The number of hydrogen-bond acceptors (Lipinski definition) is 3. The zero-order valence-corrected chi connectivity index (χ0v) is 16.2. The van der Waals surface area contributed by atoms with E-state index in [0.717, 1.165) is 23.0 Å². The van der Waals surface area contributed by atoms with Crippen LogP contribution in [0.15, 0.2) is 67.1 Å². The summed E-state index contributed by atoms with van der Waals surface area (Å²) in [4.78, 5) is 16.7. The molecule has 0 spiro atoms. The molecule has 4 aromatic rings. The van der Waals surface area contributed by atoms with Crippen LogP contribution in [0.4, 0.5) is 18.9 Å². The third-order valence-corrected chi connectivity index (χ3v) is 4.63. The van der Waals surface area contributed by atoms with E-state index >= 15 is 0 Å². The van der Waals surface area contributed by atoms with E-state index in [1.807, 2.05) is 0 Å². The van der Waals surface area contributed by atoms with E-state index in [-0.39, 0.29) is 5.56 Å². The summed E-state index contributed by atoms with van der Waals surface area (Å²) in [6, 6.07) is 11.1. The zero-order valence-electron chi connectivity index (χ0n) is 16.2. The van der Waals surface area contributed by atoms with Crippen molar-refractivity contribution in [2.45, 2.75) is 6.18 Å². The lowest BCUT2D eigenvalue weighted by atomic mass is 10.1. The molecule has 31 heavy (non-hydrogen) atoms. The third-order valence-electron chi connectivity index (χ3n) is 4.63. The van der Waals surface area contributed by atoms with Gasteiger partial charge in [0.15, 0.2) is 0 Å². The normalized spacial score (nSPS) is 11.1. The summed E-state index contributed by atoms with van der Waals surface area (Å²) in [6.45, 7) is 0. The fraction of sp³-hybridized carbons (Fsp3) is 0.0870. The van der Waals surface area contributed by atoms with Crippen LogP contribution in [0.5, 0.6) is 0 Å². The van der Waals surface area contributed by atoms with E-state index in [2.05, 4.69) is 27.2 Å². The maximum absolute atomic E-state index is 12.9. The minimum Gasteiger partial charge on any atom is -0.321 e. The Morgan fingerprint density at radius 1 is 1.00 bits per heavy atom. The van der Waals surface area contributed by atoms with Crippen LogP contribution < -0.4 is 5.32 Å². The molecule has 0 atom stereocenters. The number of aryl methyl sites for hydroxylation is 1. The molecule has 8 heteroatoms. The molecule has 0 aliphatic heterocycles. The molecule has 0 aliphatic rings. The van der Waals surface area contributed by atoms with Gasteiger partial charge in [-0.3, -0.25) is 14.5 Å². The molecule has 0 radical (unpaired) electrons. The van der Waals surface area contributed by atoms with E-state index in [1.54, 1.807) is 54.6 Å². The van der Waals surface area contributed by atoms with Crippen molar-refractivity contribution in [3.05, 3.63) is 89.4 Å². The van der Waals surface area contributed by atoms with Crippen LogP contribution in [0.3, 0.4) is 0 Å². The van der Waals surface area contributed by atoms with Gasteiger partial charge in [-0.15, -0.1) is 0 Å². The van der Waals surface area contributed by atoms with Gasteiger partial charge in [-0.1, -0.05) is 30.0 Å². The SMILES string of the molecule is Cn1ncc2c(C#Cc3ccccc3NC(=O)c3cccc(C(F)(F)F)c3)cncc21. The topological polar surface area (TPSA) is 59.8 Å². The Morgan fingerprint density at radius 2 is 1.77 bits per heavy atom. The lowest BCUT2D eigenvalue weighted by Crippen LogP contribution is -2.14. The number of anilines is 1. The minimum atomic E-state index is -4.53. The molecule has 2 heterocycles. The van der Waals surface area contributed by atoms with E-state index in [9.17, 15) is 18.0 Å². The molecule has 1 N–H and O–H groups in total. The molecule has 0 saturated heterocycles. The Kier molecular flexibility index (Phi) is 5.17. The van der Waals surface area contributed by atoms with Gasteiger partial charge in [-0.25, -0.2) is 0 Å². The Hall–Kier alpha value is -4.12. The number of carbonyl (C=O) groups is 1. The van der Waals surface area contributed by atoms with Crippen LogP contribution in [0.1, 0.15) is 27.0 Å². The molecule has 0 saturated carbocycles. The average Bonchev–Trinajstić information content (AvgIpc) is 3.14. The lowest BCUT2D eigenvalue weighted by Gasteiger charge is -2.10. The summed E-state index contributed by atoms with van der Waals surface area (Å²) >= 11 is 0. The number of pyridine rings is 1. The van der Waals surface area contributed by atoms with Crippen LogP contribution in [0.2, 0.25) is 0 Å². The highest BCUT2D eigenvalue weighted by Gasteiger charge is 2.30. The maximum atomic E-state index is 12.9. The highest BCUT2D eigenvalue weighted by atomic mass is 19.4. The van der Waals surface area contributed by atoms with Crippen LogP contribution in [0, 0.1) is 11.8 Å². The van der Waals surface area contributed by atoms with Gasteiger partial charge < -0.3 is 5.32 Å². The number of halogens is 3. The highest BCUT2D eigenvalue weighted by Crippen LogP contribution is 2.29. The first kappa shape index (κ1) is 20.2. The molecule has 4 rings (SSSR count). The van der Waals surface area contributed by atoms with Gasteiger partial charge in [0, 0.05) is 29.8 Å². The molecule has 5 nitrogen and oxygen atoms in total. The van der Waals surface area contributed by atoms with Crippen LogP contribution >= 0.6 is 0 Å². The number of hydrogen-bond donors (Lipinski definition) is 1. The van der Waals surface area contributed by atoms with E-state index in [0.29, 0.717) is 16.8 Å². The number of nitrogens with zero attached hydrogens (tertiary/aromatic N) is 3. The molecule has 2 aromatic heterocycles. The second-order valence-electron chi connectivity index (χ2n) is 6.72. The number of carbonyl (C=O) groups excluding carboxylic acids is 1. The Bertz CT molecular complexity index is 1350. The standard InChI is InChI=1S/C23H15F3N4O/c1-30-21-14-27-12-17(19(21)13-28-30)10-9-15-5-2-3-8-20(15)29-22(31)16-6-4-7-18(11-16)23(24,25)26/h2-8,11-14H,1H3,(H,29,31). The van der Waals surface area contributed by atoms with Gasteiger partial charge in [0.1, 0.15) is 0 Å². The second-order valence-corrected chi connectivity index (χ2v) is 6.72. The molecule has 154 valence electrons. The fourth-order valence-corrected chi connectivity index (χ4v) is 3.03. The summed E-state index contributed by atoms with van der Waals surface area (Å²) in [5.74, 6) is 5.38. The van der Waals surface area contributed by atoms with Crippen molar-refractivity contribution in [3.8, 4) is 11.8 Å². The number of alkyl halides is 3. The van der Waals surface area contributed by atoms with Crippen molar-refractivity contribution in [1.82, 2.24) is 14.8 Å². The Balaban J connectivity index is 1.63. The van der Waals surface area contributed by atoms with Gasteiger partial charge in [0.05, 0.1) is 34.7 Å². The van der Waals surface area contributed by atoms with Crippen molar-refractivity contribution in [3.63, 3.8) is 0 Å². The fourth-order valence-electron chi connectivity index (χ4n) is 3.03. The number of amides is 1. The quantitative estimate of drug-likeness (QED) is 0.481. The molecule has 0 fully saturated rings. The average molecular weight is 420 g/mol. The smallest absolute Gasteiger partial charge is 0.321 e. The predicted molar refractivity (Wildman–Crippen MR) is 110 cm³/mol. The second kappa shape index (κ2) is 7.95. The van der Waals surface area contributed by atoms with Crippen molar-refractivity contribution in [2.24, 2.45) is 7.05 Å². The van der Waals surface area contributed by atoms with Gasteiger partial charge in [0.25, 0.3) is 5.91 Å². The summed E-state index contributed by atoms with van der Waals surface area (Å²) in [5.41, 5.74) is 1.43. The van der Waals surface area contributed by atoms with Gasteiger partial charge in [0.2, 0.25) is 0 Å². The largest absolute Gasteiger partial charge is 0.416 e. The number of fused-ring (bicyclic) bond motifs is 1. The molecule has 0 aliphatic carbocycles.